The minimum absolute atomic E-state index is 0.0777. The van der Waals surface area contributed by atoms with Gasteiger partial charge in [0.2, 0.25) is 11.8 Å². The molecule has 10 nitrogen and oxygen atoms in total. The van der Waals surface area contributed by atoms with E-state index in [0.29, 0.717) is 23.7 Å². The standard InChI is InChI=1S/C25H22N4O6/c30-23(15-26-25(32)17-5-4-6-20(13-17)29(33)34)27-18-14-24(31)28(16-18)19-9-11-22(12-10-19)35-21-7-2-1-3-8-21/h1-13,18H,14-16H2,(H,26,32)(H,27,30). The molecule has 178 valence electrons. The number of nitro benzene ring substituents is 1. The third-order valence-electron chi connectivity index (χ3n) is 5.35. The maximum absolute atomic E-state index is 12.5. The Morgan fingerprint density at radius 3 is 2.43 bits per heavy atom. The van der Waals surface area contributed by atoms with Crippen molar-refractivity contribution in [1.82, 2.24) is 10.6 Å². The average Bonchev–Trinajstić information content (AvgIpc) is 3.23. The van der Waals surface area contributed by atoms with Crippen molar-refractivity contribution in [2.24, 2.45) is 0 Å². The summed E-state index contributed by atoms with van der Waals surface area (Å²) in [6, 6.07) is 21.2. The number of non-ortho nitro benzene ring substituents is 1. The molecular formula is C25H22N4O6. The highest BCUT2D eigenvalue weighted by molar-refractivity contribution is 5.98. The first kappa shape index (κ1) is 23.4. The number of carbonyl (C=O) groups is 3. The quantitative estimate of drug-likeness (QED) is 0.381. The fraction of sp³-hybridized carbons (Fsp3) is 0.160. The zero-order chi connectivity index (χ0) is 24.8. The Kier molecular flexibility index (Phi) is 7.01. The summed E-state index contributed by atoms with van der Waals surface area (Å²) in [6.45, 7) is -0.0278. The van der Waals surface area contributed by atoms with Crippen molar-refractivity contribution in [1.29, 1.82) is 0 Å². The van der Waals surface area contributed by atoms with Crippen molar-refractivity contribution in [2.75, 3.05) is 18.0 Å². The number of nitrogens with one attached hydrogen (secondary N) is 2. The van der Waals surface area contributed by atoms with Gasteiger partial charge < -0.3 is 20.3 Å². The molecule has 1 atom stereocenters. The number of nitrogens with zero attached hydrogens (tertiary/aromatic N) is 2. The fourth-order valence-corrected chi connectivity index (χ4v) is 3.67. The molecule has 1 aliphatic heterocycles. The molecule has 1 aliphatic rings. The van der Waals surface area contributed by atoms with E-state index in [-0.39, 0.29) is 30.1 Å². The van der Waals surface area contributed by atoms with Gasteiger partial charge in [-0.05, 0) is 42.5 Å². The summed E-state index contributed by atoms with van der Waals surface area (Å²) in [5.41, 5.74) is 0.548. The number of rotatable bonds is 8. The van der Waals surface area contributed by atoms with Gasteiger partial charge in [0.25, 0.3) is 11.6 Å². The highest BCUT2D eigenvalue weighted by Gasteiger charge is 2.31. The number of benzene rings is 3. The van der Waals surface area contributed by atoms with E-state index in [0.717, 1.165) is 6.07 Å². The molecule has 0 bridgehead atoms. The SMILES string of the molecule is O=C(CNC(=O)c1cccc([N+](=O)[O-])c1)NC1CC(=O)N(c2ccc(Oc3ccccc3)cc2)C1. The number of hydrogen-bond acceptors (Lipinski definition) is 6. The summed E-state index contributed by atoms with van der Waals surface area (Å²) in [7, 11) is 0. The lowest BCUT2D eigenvalue weighted by Crippen LogP contribution is -2.43. The van der Waals surface area contributed by atoms with Crippen molar-refractivity contribution in [2.45, 2.75) is 12.5 Å². The topological polar surface area (TPSA) is 131 Å². The van der Waals surface area contributed by atoms with Crippen molar-refractivity contribution < 1.29 is 24.0 Å². The number of anilines is 1. The second-order valence-electron chi connectivity index (χ2n) is 7.87. The van der Waals surface area contributed by atoms with Crippen LogP contribution in [-0.4, -0.2) is 41.8 Å². The molecule has 4 rings (SSSR count). The van der Waals surface area contributed by atoms with Gasteiger partial charge in [-0.15, -0.1) is 0 Å². The first-order valence-electron chi connectivity index (χ1n) is 10.8. The lowest BCUT2D eigenvalue weighted by molar-refractivity contribution is -0.384. The van der Waals surface area contributed by atoms with E-state index >= 15 is 0 Å². The first-order valence-corrected chi connectivity index (χ1v) is 10.8. The average molecular weight is 474 g/mol. The van der Waals surface area contributed by atoms with Crippen LogP contribution in [0.5, 0.6) is 11.5 Å². The molecule has 1 unspecified atom stereocenters. The highest BCUT2D eigenvalue weighted by Crippen LogP contribution is 2.27. The van der Waals surface area contributed by atoms with Gasteiger partial charge in [0.1, 0.15) is 11.5 Å². The van der Waals surface area contributed by atoms with E-state index in [4.69, 9.17) is 4.74 Å². The zero-order valence-corrected chi connectivity index (χ0v) is 18.5. The van der Waals surface area contributed by atoms with Crippen LogP contribution in [0.15, 0.2) is 78.9 Å². The summed E-state index contributed by atoms with van der Waals surface area (Å²) in [5, 5.41) is 16.0. The van der Waals surface area contributed by atoms with Crippen LogP contribution in [0.25, 0.3) is 0 Å². The van der Waals surface area contributed by atoms with Crippen LogP contribution < -0.4 is 20.3 Å². The minimum atomic E-state index is -0.606. The van der Waals surface area contributed by atoms with Crippen molar-refractivity contribution in [3.05, 3.63) is 94.5 Å². The molecule has 3 aromatic rings. The normalized spacial score (nSPS) is 14.9. The Bertz CT molecular complexity index is 1250. The number of hydrogen-bond donors (Lipinski definition) is 2. The van der Waals surface area contributed by atoms with Crippen LogP contribution in [0.4, 0.5) is 11.4 Å². The molecule has 35 heavy (non-hydrogen) atoms. The Hall–Kier alpha value is -4.73. The van der Waals surface area contributed by atoms with Gasteiger partial charge in [0.15, 0.2) is 0 Å². The summed E-state index contributed by atoms with van der Waals surface area (Å²) >= 11 is 0. The molecule has 0 saturated carbocycles. The van der Waals surface area contributed by atoms with E-state index in [1.54, 1.807) is 29.2 Å². The molecule has 0 aromatic heterocycles. The largest absolute Gasteiger partial charge is 0.457 e. The van der Waals surface area contributed by atoms with Crippen LogP contribution in [0.1, 0.15) is 16.8 Å². The smallest absolute Gasteiger partial charge is 0.270 e. The molecule has 0 spiro atoms. The van der Waals surface area contributed by atoms with Gasteiger partial charge in [0, 0.05) is 36.3 Å². The molecule has 3 amide bonds. The monoisotopic (exact) mass is 474 g/mol. The van der Waals surface area contributed by atoms with Gasteiger partial charge >= 0.3 is 0 Å². The molecule has 1 heterocycles. The molecule has 0 radical (unpaired) electrons. The summed E-state index contributed by atoms with van der Waals surface area (Å²) in [6.07, 6.45) is 0.132. The fourth-order valence-electron chi connectivity index (χ4n) is 3.67. The molecule has 10 heteroatoms. The first-order chi connectivity index (χ1) is 16.9. The maximum atomic E-state index is 12.5. The van der Waals surface area contributed by atoms with Crippen molar-refractivity contribution >= 4 is 29.1 Å². The Labute approximate surface area is 200 Å². The van der Waals surface area contributed by atoms with Crippen LogP contribution >= 0.6 is 0 Å². The van der Waals surface area contributed by atoms with E-state index in [1.807, 2.05) is 30.3 Å². The molecule has 1 saturated heterocycles. The Morgan fingerprint density at radius 1 is 1.00 bits per heavy atom. The van der Waals surface area contributed by atoms with Crippen LogP contribution in [-0.2, 0) is 9.59 Å². The van der Waals surface area contributed by atoms with E-state index in [9.17, 15) is 24.5 Å². The van der Waals surface area contributed by atoms with Gasteiger partial charge in [0.05, 0.1) is 17.5 Å². The molecule has 1 fully saturated rings. The van der Waals surface area contributed by atoms with Crippen molar-refractivity contribution in [3.63, 3.8) is 0 Å². The molecule has 3 aromatic carbocycles. The Balaban J connectivity index is 1.28. The summed E-state index contributed by atoms with van der Waals surface area (Å²) in [5.74, 6) is 0.141. The number of amides is 3. The predicted molar refractivity (Wildman–Crippen MR) is 127 cm³/mol. The van der Waals surface area contributed by atoms with Crippen LogP contribution in [0, 0.1) is 10.1 Å². The molecule has 2 N–H and O–H groups in total. The third kappa shape index (κ3) is 5.99. The molecular weight excluding hydrogens is 452 g/mol. The highest BCUT2D eigenvalue weighted by atomic mass is 16.6. The van der Waals surface area contributed by atoms with Crippen LogP contribution in [0.3, 0.4) is 0 Å². The Morgan fingerprint density at radius 2 is 1.71 bits per heavy atom. The minimum Gasteiger partial charge on any atom is -0.457 e. The second kappa shape index (κ2) is 10.5. The number of nitro groups is 1. The van der Waals surface area contributed by atoms with E-state index in [1.165, 1.54) is 18.2 Å². The van der Waals surface area contributed by atoms with Gasteiger partial charge in [-0.25, -0.2) is 0 Å². The lowest BCUT2D eigenvalue weighted by Gasteiger charge is -2.18. The van der Waals surface area contributed by atoms with E-state index < -0.39 is 22.8 Å². The van der Waals surface area contributed by atoms with Gasteiger partial charge in [-0.1, -0.05) is 24.3 Å². The summed E-state index contributed by atoms with van der Waals surface area (Å²) < 4.78 is 5.76. The van der Waals surface area contributed by atoms with Gasteiger partial charge in [-0.3, -0.25) is 24.5 Å². The third-order valence-corrected chi connectivity index (χ3v) is 5.35. The van der Waals surface area contributed by atoms with Crippen LogP contribution in [0.2, 0.25) is 0 Å². The number of carbonyl (C=O) groups excluding carboxylic acids is 3. The number of ether oxygens (including phenoxy) is 1. The maximum Gasteiger partial charge on any atom is 0.270 e. The van der Waals surface area contributed by atoms with Crippen molar-refractivity contribution in [3.8, 4) is 11.5 Å². The molecule has 0 aliphatic carbocycles. The van der Waals surface area contributed by atoms with E-state index in [2.05, 4.69) is 10.6 Å². The zero-order valence-electron chi connectivity index (χ0n) is 18.5. The summed E-state index contributed by atoms with van der Waals surface area (Å²) in [4.78, 5) is 48.8. The second-order valence-corrected chi connectivity index (χ2v) is 7.87. The number of para-hydroxylation sites is 1. The lowest BCUT2D eigenvalue weighted by atomic mass is 10.2. The van der Waals surface area contributed by atoms with Gasteiger partial charge in [-0.2, -0.15) is 0 Å². The predicted octanol–water partition coefficient (Wildman–Crippen LogP) is 3.04.